The van der Waals surface area contributed by atoms with Gasteiger partial charge in [-0.15, -0.1) is 5.10 Å². The van der Waals surface area contributed by atoms with Crippen LogP contribution in [0, 0.1) is 20.8 Å². The van der Waals surface area contributed by atoms with E-state index in [1.54, 1.807) is 4.68 Å². The topological polar surface area (TPSA) is 72.7 Å². The summed E-state index contributed by atoms with van der Waals surface area (Å²) in [6, 6.07) is 13.8. The molecule has 0 unspecified atom stereocenters. The molecule has 0 bridgehead atoms. The van der Waals surface area contributed by atoms with Crippen molar-refractivity contribution < 1.29 is 4.79 Å². The SMILES string of the molecule is Cc1ccc(NC(=O)CCSc2nnnn2-c2cccc(C)c2C)cc1. The first kappa shape index (κ1) is 18.1. The highest BCUT2D eigenvalue weighted by atomic mass is 32.2. The summed E-state index contributed by atoms with van der Waals surface area (Å²) in [5, 5.41) is 15.6. The van der Waals surface area contributed by atoms with Crippen LogP contribution in [0.2, 0.25) is 0 Å². The van der Waals surface area contributed by atoms with Gasteiger partial charge in [0.25, 0.3) is 0 Å². The van der Waals surface area contributed by atoms with Crippen molar-refractivity contribution in [3.8, 4) is 5.69 Å². The van der Waals surface area contributed by atoms with Crippen molar-refractivity contribution in [1.29, 1.82) is 0 Å². The summed E-state index contributed by atoms with van der Waals surface area (Å²) >= 11 is 1.47. The maximum absolute atomic E-state index is 12.1. The number of anilines is 1. The molecule has 0 aliphatic carbocycles. The van der Waals surface area contributed by atoms with Gasteiger partial charge in [-0.1, -0.05) is 41.6 Å². The van der Waals surface area contributed by atoms with Gasteiger partial charge in [-0.2, -0.15) is 4.68 Å². The zero-order valence-corrected chi connectivity index (χ0v) is 15.9. The zero-order chi connectivity index (χ0) is 18.5. The van der Waals surface area contributed by atoms with E-state index in [0.29, 0.717) is 17.3 Å². The Morgan fingerprint density at radius 1 is 1.12 bits per heavy atom. The monoisotopic (exact) mass is 367 g/mol. The molecule has 1 N–H and O–H groups in total. The third-order valence-electron chi connectivity index (χ3n) is 4.14. The van der Waals surface area contributed by atoms with Crippen molar-refractivity contribution in [3.05, 3.63) is 59.2 Å². The minimum Gasteiger partial charge on any atom is -0.326 e. The molecule has 0 saturated carbocycles. The third kappa shape index (κ3) is 4.29. The van der Waals surface area contributed by atoms with Gasteiger partial charge < -0.3 is 5.32 Å². The van der Waals surface area contributed by atoms with Crippen molar-refractivity contribution in [3.63, 3.8) is 0 Å². The first-order valence-corrected chi connectivity index (χ1v) is 9.37. The van der Waals surface area contributed by atoms with Crippen LogP contribution in [0.3, 0.4) is 0 Å². The van der Waals surface area contributed by atoms with E-state index in [1.165, 1.54) is 17.3 Å². The number of nitrogens with zero attached hydrogens (tertiary/aromatic N) is 4. The number of hydrogen-bond acceptors (Lipinski definition) is 5. The lowest BCUT2D eigenvalue weighted by Crippen LogP contribution is -2.12. The molecule has 0 saturated heterocycles. The second kappa shape index (κ2) is 8.14. The van der Waals surface area contributed by atoms with Crippen LogP contribution >= 0.6 is 11.8 Å². The Hall–Kier alpha value is -2.67. The highest BCUT2D eigenvalue weighted by Gasteiger charge is 2.12. The fourth-order valence-electron chi connectivity index (χ4n) is 2.48. The number of tetrazole rings is 1. The minimum absolute atomic E-state index is 0.0212. The van der Waals surface area contributed by atoms with Crippen LogP contribution in [-0.2, 0) is 4.79 Å². The quantitative estimate of drug-likeness (QED) is 0.673. The summed E-state index contributed by atoms with van der Waals surface area (Å²) in [6.45, 7) is 6.13. The number of carbonyl (C=O) groups is 1. The summed E-state index contributed by atoms with van der Waals surface area (Å²) in [5.74, 6) is 0.579. The Labute approximate surface area is 157 Å². The lowest BCUT2D eigenvalue weighted by atomic mass is 10.1. The number of rotatable bonds is 6. The largest absolute Gasteiger partial charge is 0.326 e. The molecule has 0 radical (unpaired) electrons. The van der Waals surface area contributed by atoms with E-state index in [1.807, 2.05) is 43.3 Å². The highest BCUT2D eigenvalue weighted by molar-refractivity contribution is 7.99. The average Bonchev–Trinajstić information content (AvgIpc) is 3.08. The van der Waals surface area contributed by atoms with E-state index in [2.05, 4.69) is 40.8 Å². The summed E-state index contributed by atoms with van der Waals surface area (Å²) < 4.78 is 1.73. The third-order valence-corrected chi connectivity index (χ3v) is 5.06. The number of carbonyl (C=O) groups excluding carboxylic acids is 1. The first-order valence-electron chi connectivity index (χ1n) is 8.39. The fourth-order valence-corrected chi connectivity index (χ4v) is 3.30. The molecular formula is C19H21N5OS. The Bertz CT molecular complexity index is 905. The van der Waals surface area contributed by atoms with Gasteiger partial charge in [0.15, 0.2) is 0 Å². The standard InChI is InChI=1S/C19H21N5OS/c1-13-7-9-16(10-8-13)20-18(25)11-12-26-19-21-22-23-24(19)17-6-4-5-14(2)15(17)3/h4-10H,11-12H2,1-3H3,(H,20,25). The van der Waals surface area contributed by atoms with Crippen molar-refractivity contribution in [2.24, 2.45) is 0 Å². The molecular weight excluding hydrogens is 346 g/mol. The van der Waals surface area contributed by atoms with Crippen LogP contribution in [0.15, 0.2) is 47.6 Å². The van der Waals surface area contributed by atoms with E-state index in [9.17, 15) is 4.79 Å². The molecule has 0 aliphatic rings. The Morgan fingerprint density at radius 3 is 2.65 bits per heavy atom. The number of aryl methyl sites for hydroxylation is 2. The van der Waals surface area contributed by atoms with Gasteiger partial charge in [0.1, 0.15) is 0 Å². The smallest absolute Gasteiger partial charge is 0.225 e. The van der Waals surface area contributed by atoms with Crippen LogP contribution in [0.25, 0.3) is 5.69 Å². The number of aromatic nitrogens is 4. The summed E-state index contributed by atoms with van der Waals surface area (Å²) in [4.78, 5) is 12.1. The lowest BCUT2D eigenvalue weighted by Gasteiger charge is -2.09. The number of benzene rings is 2. The molecule has 6 nitrogen and oxygen atoms in total. The molecule has 134 valence electrons. The van der Waals surface area contributed by atoms with Crippen LogP contribution in [0.5, 0.6) is 0 Å². The molecule has 0 spiro atoms. The van der Waals surface area contributed by atoms with E-state index < -0.39 is 0 Å². The van der Waals surface area contributed by atoms with Gasteiger partial charge in [0.05, 0.1) is 5.69 Å². The lowest BCUT2D eigenvalue weighted by molar-refractivity contribution is -0.115. The number of thioether (sulfide) groups is 1. The Kier molecular flexibility index (Phi) is 5.68. The summed E-state index contributed by atoms with van der Waals surface area (Å²) in [7, 11) is 0. The van der Waals surface area contributed by atoms with Gasteiger partial charge in [-0.25, -0.2) is 0 Å². The van der Waals surface area contributed by atoms with Gasteiger partial charge >= 0.3 is 0 Å². The zero-order valence-electron chi connectivity index (χ0n) is 15.1. The van der Waals surface area contributed by atoms with Crippen LogP contribution < -0.4 is 5.32 Å². The van der Waals surface area contributed by atoms with Crippen molar-refractivity contribution >= 4 is 23.4 Å². The molecule has 7 heteroatoms. The Morgan fingerprint density at radius 2 is 1.88 bits per heavy atom. The molecule has 1 aromatic heterocycles. The molecule has 26 heavy (non-hydrogen) atoms. The van der Waals surface area contributed by atoms with E-state index in [-0.39, 0.29) is 5.91 Å². The molecule has 3 rings (SSSR count). The summed E-state index contributed by atoms with van der Waals surface area (Å²) in [6.07, 6.45) is 0.387. The minimum atomic E-state index is -0.0212. The summed E-state index contributed by atoms with van der Waals surface area (Å²) in [5.41, 5.74) is 5.26. The molecule has 1 amide bonds. The number of nitrogens with one attached hydrogen (secondary N) is 1. The van der Waals surface area contributed by atoms with Gasteiger partial charge in [0, 0.05) is 17.9 Å². The predicted octanol–water partition coefficient (Wildman–Crippen LogP) is 3.71. The molecule has 2 aromatic carbocycles. The second-order valence-corrected chi connectivity index (χ2v) is 7.17. The maximum atomic E-state index is 12.1. The molecule has 0 fully saturated rings. The normalized spacial score (nSPS) is 10.7. The average molecular weight is 367 g/mol. The van der Waals surface area contributed by atoms with Crippen molar-refractivity contribution in [2.75, 3.05) is 11.1 Å². The van der Waals surface area contributed by atoms with Crippen molar-refractivity contribution in [1.82, 2.24) is 20.2 Å². The van der Waals surface area contributed by atoms with Gasteiger partial charge in [0.2, 0.25) is 11.1 Å². The van der Waals surface area contributed by atoms with Crippen molar-refractivity contribution in [2.45, 2.75) is 32.3 Å². The molecule has 0 atom stereocenters. The molecule has 1 heterocycles. The Balaban J connectivity index is 1.59. The maximum Gasteiger partial charge on any atom is 0.225 e. The van der Waals surface area contributed by atoms with E-state index >= 15 is 0 Å². The predicted molar refractivity (Wildman–Crippen MR) is 104 cm³/mol. The molecule has 0 aliphatic heterocycles. The van der Waals surface area contributed by atoms with Crippen LogP contribution in [-0.4, -0.2) is 31.9 Å². The van der Waals surface area contributed by atoms with Crippen LogP contribution in [0.4, 0.5) is 5.69 Å². The number of hydrogen-bond donors (Lipinski definition) is 1. The number of amides is 1. The van der Waals surface area contributed by atoms with E-state index in [0.717, 1.165) is 22.5 Å². The molecule has 3 aromatic rings. The van der Waals surface area contributed by atoms with Crippen LogP contribution in [0.1, 0.15) is 23.1 Å². The highest BCUT2D eigenvalue weighted by Crippen LogP contribution is 2.23. The second-order valence-electron chi connectivity index (χ2n) is 6.10. The first-order chi connectivity index (χ1) is 12.5. The van der Waals surface area contributed by atoms with Gasteiger partial charge in [-0.05, 0) is 60.5 Å². The fraction of sp³-hybridized carbons (Fsp3) is 0.263. The van der Waals surface area contributed by atoms with Gasteiger partial charge in [-0.3, -0.25) is 4.79 Å². The van der Waals surface area contributed by atoms with E-state index in [4.69, 9.17) is 0 Å².